The summed E-state index contributed by atoms with van der Waals surface area (Å²) >= 11 is 0. The third-order valence-electron chi connectivity index (χ3n) is 2.98. The van der Waals surface area contributed by atoms with Gasteiger partial charge in [0.05, 0.1) is 6.04 Å². The van der Waals surface area contributed by atoms with Crippen LogP contribution in [-0.2, 0) is 4.79 Å². The van der Waals surface area contributed by atoms with Crippen LogP contribution >= 0.6 is 0 Å². The summed E-state index contributed by atoms with van der Waals surface area (Å²) in [5.74, 6) is 0.174. The van der Waals surface area contributed by atoms with E-state index < -0.39 is 0 Å². The van der Waals surface area contributed by atoms with E-state index in [1.807, 2.05) is 20.8 Å². The van der Waals surface area contributed by atoms with E-state index in [2.05, 4.69) is 4.90 Å². The van der Waals surface area contributed by atoms with Gasteiger partial charge in [-0.05, 0) is 25.9 Å². The second-order valence-electron chi connectivity index (χ2n) is 5.58. The highest BCUT2D eigenvalue weighted by Crippen LogP contribution is 2.17. The van der Waals surface area contributed by atoms with E-state index in [9.17, 15) is 4.79 Å². The van der Waals surface area contributed by atoms with Crippen LogP contribution in [0.2, 0.25) is 0 Å². The molecule has 1 heterocycles. The fourth-order valence-corrected chi connectivity index (χ4v) is 2.06. The first-order valence-corrected chi connectivity index (χ1v) is 5.93. The minimum Gasteiger partial charge on any atom is -0.320 e. The number of piperidine rings is 1. The van der Waals surface area contributed by atoms with Crippen LogP contribution in [0.15, 0.2) is 0 Å². The largest absolute Gasteiger partial charge is 0.320 e. The molecule has 2 N–H and O–H groups in total. The molecule has 0 aromatic heterocycles. The highest BCUT2D eigenvalue weighted by molar-refractivity contribution is 5.88. The molecule has 0 aromatic rings. The predicted octanol–water partition coefficient (Wildman–Crippen LogP) is 1.41. The summed E-state index contributed by atoms with van der Waals surface area (Å²) in [6.07, 6.45) is 3.81. The standard InChI is InChI=1S/C12H24N2O/c1-12(2,3)11(15)10(13)9-14-7-5-4-6-8-14/h10H,4-9,13H2,1-3H3. The van der Waals surface area contributed by atoms with E-state index in [0.717, 1.165) is 19.6 Å². The highest BCUT2D eigenvalue weighted by atomic mass is 16.1. The lowest BCUT2D eigenvalue weighted by atomic mass is 9.86. The molecule has 0 amide bonds. The SMILES string of the molecule is CC(C)(C)C(=O)C(N)CN1CCCCC1. The van der Waals surface area contributed by atoms with Gasteiger partial charge >= 0.3 is 0 Å². The number of Topliss-reactive ketones (excluding diaryl/α,β-unsaturated/α-hetero) is 1. The van der Waals surface area contributed by atoms with Crippen LogP contribution in [0.25, 0.3) is 0 Å². The number of nitrogens with zero attached hydrogens (tertiary/aromatic N) is 1. The fourth-order valence-electron chi connectivity index (χ4n) is 2.06. The van der Waals surface area contributed by atoms with Gasteiger partial charge in [-0.3, -0.25) is 4.79 Å². The van der Waals surface area contributed by atoms with Crippen LogP contribution in [0.5, 0.6) is 0 Å². The van der Waals surface area contributed by atoms with Gasteiger partial charge in [0.25, 0.3) is 0 Å². The molecular formula is C12H24N2O. The second-order valence-corrected chi connectivity index (χ2v) is 5.58. The van der Waals surface area contributed by atoms with Crippen molar-refractivity contribution in [2.45, 2.75) is 46.1 Å². The number of carbonyl (C=O) groups is 1. The lowest BCUT2D eigenvalue weighted by molar-refractivity contribution is -0.128. The van der Waals surface area contributed by atoms with Crippen molar-refractivity contribution in [2.75, 3.05) is 19.6 Å². The van der Waals surface area contributed by atoms with Gasteiger partial charge in [0, 0.05) is 12.0 Å². The molecule has 1 fully saturated rings. The van der Waals surface area contributed by atoms with Crippen molar-refractivity contribution < 1.29 is 4.79 Å². The molecule has 1 aliphatic rings. The zero-order valence-electron chi connectivity index (χ0n) is 10.3. The van der Waals surface area contributed by atoms with E-state index in [-0.39, 0.29) is 17.2 Å². The Labute approximate surface area is 93.0 Å². The van der Waals surface area contributed by atoms with Crippen molar-refractivity contribution in [3.63, 3.8) is 0 Å². The zero-order chi connectivity index (χ0) is 11.5. The smallest absolute Gasteiger partial charge is 0.156 e. The van der Waals surface area contributed by atoms with Crippen molar-refractivity contribution in [1.82, 2.24) is 4.90 Å². The van der Waals surface area contributed by atoms with Gasteiger partial charge in [0.2, 0.25) is 0 Å². The number of hydrogen-bond acceptors (Lipinski definition) is 3. The van der Waals surface area contributed by atoms with Crippen LogP contribution in [0.3, 0.4) is 0 Å². The Morgan fingerprint density at radius 2 is 1.80 bits per heavy atom. The van der Waals surface area contributed by atoms with Gasteiger partial charge in [0.15, 0.2) is 5.78 Å². The third-order valence-corrected chi connectivity index (χ3v) is 2.98. The first kappa shape index (κ1) is 12.7. The van der Waals surface area contributed by atoms with Crippen LogP contribution < -0.4 is 5.73 Å². The summed E-state index contributed by atoms with van der Waals surface area (Å²) in [5, 5.41) is 0. The molecule has 1 saturated heterocycles. The first-order chi connectivity index (χ1) is 6.91. The van der Waals surface area contributed by atoms with Crippen LogP contribution in [0.4, 0.5) is 0 Å². The van der Waals surface area contributed by atoms with Gasteiger partial charge in [-0.25, -0.2) is 0 Å². The number of ketones is 1. The molecule has 15 heavy (non-hydrogen) atoms. The average Bonchev–Trinajstić information content (AvgIpc) is 2.16. The molecule has 1 atom stereocenters. The Morgan fingerprint density at radius 1 is 1.27 bits per heavy atom. The van der Waals surface area contributed by atoms with E-state index in [1.165, 1.54) is 19.3 Å². The van der Waals surface area contributed by atoms with E-state index in [4.69, 9.17) is 5.73 Å². The summed E-state index contributed by atoms with van der Waals surface area (Å²) in [5.41, 5.74) is 5.63. The molecule has 1 unspecified atom stereocenters. The summed E-state index contributed by atoms with van der Waals surface area (Å²) in [6, 6.07) is -0.317. The monoisotopic (exact) mass is 212 g/mol. The van der Waals surface area contributed by atoms with Crippen molar-refractivity contribution in [3.8, 4) is 0 Å². The average molecular weight is 212 g/mol. The van der Waals surface area contributed by atoms with Crippen LogP contribution in [-0.4, -0.2) is 36.4 Å². The number of likely N-dealkylation sites (tertiary alicyclic amines) is 1. The van der Waals surface area contributed by atoms with Crippen molar-refractivity contribution in [3.05, 3.63) is 0 Å². The Morgan fingerprint density at radius 3 is 2.27 bits per heavy atom. The number of hydrogen-bond donors (Lipinski definition) is 1. The van der Waals surface area contributed by atoms with Gasteiger partial charge in [-0.15, -0.1) is 0 Å². The second kappa shape index (κ2) is 5.08. The van der Waals surface area contributed by atoms with Gasteiger partial charge in [0.1, 0.15) is 0 Å². The third kappa shape index (κ3) is 3.92. The topological polar surface area (TPSA) is 46.3 Å². The molecule has 0 saturated carbocycles. The fraction of sp³-hybridized carbons (Fsp3) is 0.917. The highest BCUT2D eigenvalue weighted by Gasteiger charge is 2.28. The Kier molecular flexibility index (Phi) is 4.29. The predicted molar refractivity (Wildman–Crippen MR) is 62.7 cm³/mol. The van der Waals surface area contributed by atoms with Crippen molar-refractivity contribution >= 4 is 5.78 Å². The van der Waals surface area contributed by atoms with E-state index in [0.29, 0.717) is 0 Å². The molecule has 88 valence electrons. The van der Waals surface area contributed by atoms with Crippen molar-refractivity contribution in [1.29, 1.82) is 0 Å². The molecule has 3 nitrogen and oxygen atoms in total. The minimum absolute atomic E-state index is 0.174. The summed E-state index contributed by atoms with van der Waals surface area (Å²) in [7, 11) is 0. The minimum atomic E-state index is -0.317. The molecular weight excluding hydrogens is 188 g/mol. The Bertz CT molecular complexity index is 214. The molecule has 3 heteroatoms. The maximum atomic E-state index is 11.9. The number of rotatable bonds is 3. The maximum absolute atomic E-state index is 11.9. The number of nitrogens with two attached hydrogens (primary N) is 1. The molecule has 1 aliphatic heterocycles. The Hall–Kier alpha value is -0.410. The zero-order valence-corrected chi connectivity index (χ0v) is 10.3. The molecule has 0 aromatic carbocycles. The van der Waals surface area contributed by atoms with Crippen molar-refractivity contribution in [2.24, 2.45) is 11.1 Å². The molecule has 0 bridgehead atoms. The van der Waals surface area contributed by atoms with Crippen LogP contribution in [0.1, 0.15) is 40.0 Å². The lowest BCUT2D eigenvalue weighted by Gasteiger charge is -2.30. The normalized spacial score (nSPS) is 21.3. The Balaban J connectivity index is 2.40. The van der Waals surface area contributed by atoms with E-state index >= 15 is 0 Å². The van der Waals surface area contributed by atoms with Gasteiger partial charge in [-0.2, -0.15) is 0 Å². The maximum Gasteiger partial charge on any atom is 0.156 e. The van der Waals surface area contributed by atoms with Crippen LogP contribution in [0, 0.1) is 5.41 Å². The molecule has 0 spiro atoms. The summed E-state index contributed by atoms with van der Waals surface area (Å²) in [4.78, 5) is 14.2. The summed E-state index contributed by atoms with van der Waals surface area (Å²) in [6.45, 7) is 8.74. The molecule has 0 radical (unpaired) electrons. The lowest BCUT2D eigenvalue weighted by Crippen LogP contribution is -2.48. The quantitative estimate of drug-likeness (QED) is 0.769. The first-order valence-electron chi connectivity index (χ1n) is 5.93. The summed E-state index contributed by atoms with van der Waals surface area (Å²) < 4.78 is 0. The number of carbonyl (C=O) groups excluding carboxylic acids is 1. The van der Waals surface area contributed by atoms with Gasteiger partial charge in [-0.1, -0.05) is 27.2 Å². The van der Waals surface area contributed by atoms with E-state index in [1.54, 1.807) is 0 Å². The van der Waals surface area contributed by atoms with Gasteiger partial charge < -0.3 is 10.6 Å². The molecule has 1 rings (SSSR count). The molecule has 0 aliphatic carbocycles.